The number of rotatable bonds is 5. The minimum absolute atomic E-state index is 0.121. The molecule has 0 bridgehead atoms. The van der Waals surface area contributed by atoms with Gasteiger partial charge < -0.3 is 10.4 Å². The van der Waals surface area contributed by atoms with Crippen molar-refractivity contribution in [3.05, 3.63) is 49.5 Å². The van der Waals surface area contributed by atoms with Crippen LogP contribution in [-0.2, 0) is 6.54 Å². The zero-order valence-corrected chi connectivity index (χ0v) is 12.2. The van der Waals surface area contributed by atoms with Crippen LogP contribution in [0.15, 0.2) is 17.5 Å². The maximum atomic E-state index is 11.1. The molecule has 21 heavy (non-hydrogen) atoms. The monoisotopic (exact) mass is 307 g/mol. The lowest BCUT2D eigenvalue weighted by molar-refractivity contribution is -0.385. The molecular formula is C13H13N3O4S. The Morgan fingerprint density at radius 3 is 2.71 bits per heavy atom. The molecule has 2 aromatic rings. The van der Waals surface area contributed by atoms with E-state index in [2.05, 4.69) is 10.3 Å². The first-order chi connectivity index (χ1) is 9.88. The van der Waals surface area contributed by atoms with Crippen LogP contribution in [0.5, 0.6) is 0 Å². The van der Waals surface area contributed by atoms with Gasteiger partial charge in [-0.1, -0.05) is 0 Å². The molecule has 0 fully saturated rings. The molecule has 1 aromatic carbocycles. The first-order valence-electron chi connectivity index (χ1n) is 6.05. The Hall–Kier alpha value is -2.48. The molecule has 2 N–H and O–H groups in total. The molecule has 0 radical (unpaired) electrons. The number of aromatic nitrogens is 1. The number of hydrogen-bond acceptors (Lipinski definition) is 6. The fraction of sp³-hybridized carbons (Fsp3) is 0.231. The molecular weight excluding hydrogens is 294 g/mol. The Morgan fingerprint density at radius 1 is 1.48 bits per heavy atom. The van der Waals surface area contributed by atoms with Crippen molar-refractivity contribution < 1.29 is 14.8 Å². The number of benzene rings is 1. The summed E-state index contributed by atoms with van der Waals surface area (Å²) >= 11 is 1.51. The lowest BCUT2D eigenvalue weighted by atomic mass is 10.1. The second-order valence-electron chi connectivity index (χ2n) is 4.44. The molecule has 0 spiro atoms. The Labute approximate surface area is 124 Å². The Bertz CT molecular complexity index is 711. The normalized spacial score (nSPS) is 10.4. The highest BCUT2D eigenvalue weighted by Crippen LogP contribution is 2.28. The van der Waals surface area contributed by atoms with E-state index in [1.165, 1.54) is 17.4 Å². The lowest BCUT2D eigenvalue weighted by Gasteiger charge is -2.10. The standard InChI is InChI=1S/C13H13N3O4S/c1-7-11(14-5-10-6-21-8(2)15-10)3-9(13(17)18)4-12(7)16(19)20/h3-4,6,14H,5H2,1-2H3,(H,17,18). The molecule has 0 atom stereocenters. The maximum Gasteiger partial charge on any atom is 0.336 e. The van der Waals surface area contributed by atoms with Gasteiger partial charge in [0.25, 0.3) is 5.69 Å². The number of nitrogens with zero attached hydrogens (tertiary/aromatic N) is 2. The third-order valence-corrected chi connectivity index (χ3v) is 3.77. The predicted molar refractivity (Wildman–Crippen MR) is 79.0 cm³/mol. The molecule has 7 nitrogen and oxygen atoms in total. The third kappa shape index (κ3) is 3.34. The van der Waals surface area contributed by atoms with Crippen molar-refractivity contribution in [2.45, 2.75) is 20.4 Å². The molecule has 1 aromatic heterocycles. The van der Waals surface area contributed by atoms with Gasteiger partial charge in [-0.05, 0) is 19.9 Å². The predicted octanol–water partition coefficient (Wildman–Crippen LogP) is 2.98. The summed E-state index contributed by atoms with van der Waals surface area (Å²) in [5.41, 5.74) is 1.29. The number of carbonyl (C=O) groups is 1. The van der Waals surface area contributed by atoms with Gasteiger partial charge in [0.1, 0.15) is 0 Å². The van der Waals surface area contributed by atoms with Gasteiger partial charge in [-0.15, -0.1) is 11.3 Å². The Morgan fingerprint density at radius 2 is 2.19 bits per heavy atom. The summed E-state index contributed by atoms with van der Waals surface area (Å²) in [5, 5.41) is 25.9. The van der Waals surface area contributed by atoms with E-state index in [9.17, 15) is 14.9 Å². The van der Waals surface area contributed by atoms with E-state index in [4.69, 9.17) is 5.11 Å². The summed E-state index contributed by atoms with van der Waals surface area (Å²) in [6.07, 6.45) is 0. The van der Waals surface area contributed by atoms with Gasteiger partial charge in [0, 0.05) is 22.7 Å². The van der Waals surface area contributed by atoms with Crippen molar-refractivity contribution >= 4 is 28.7 Å². The molecule has 2 rings (SSSR count). The minimum Gasteiger partial charge on any atom is -0.478 e. The highest BCUT2D eigenvalue weighted by atomic mass is 32.1. The lowest BCUT2D eigenvalue weighted by Crippen LogP contribution is -2.06. The SMILES string of the molecule is Cc1nc(CNc2cc(C(=O)O)cc([N+](=O)[O-])c2C)cs1. The highest BCUT2D eigenvalue weighted by Gasteiger charge is 2.19. The maximum absolute atomic E-state index is 11.1. The summed E-state index contributed by atoms with van der Waals surface area (Å²) in [5.74, 6) is -1.20. The number of carboxylic acids is 1. The zero-order chi connectivity index (χ0) is 15.6. The number of aryl methyl sites for hydroxylation is 1. The molecule has 0 aliphatic heterocycles. The van der Waals surface area contributed by atoms with Crippen molar-refractivity contribution in [3.63, 3.8) is 0 Å². The van der Waals surface area contributed by atoms with Crippen LogP contribution < -0.4 is 5.32 Å². The van der Waals surface area contributed by atoms with Gasteiger partial charge in [0.05, 0.1) is 27.7 Å². The summed E-state index contributed by atoms with van der Waals surface area (Å²) in [6, 6.07) is 2.46. The number of aromatic carboxylic acids is 1. The Balaban J connectivity index is 2.32. The van der Waals surface area contributed by atoms with Crippen molar-refractivity contribution in [2.24, 2.45) is 0 Å². The van der Waals surface area contributed by atoms with Crippen LogP contribution in [-0.4, -0.2) is 21.0 Å². The van der Waals surface area contributed by atoms with E-state index >= 15 is 0 Å². The number of anilines is 1. The van der Waals surface area contributed by atoms with E-state index in [1.54, 1.807) is 6.92 Å². The molecule has 0 aliphatic carbocycles. The molecule has 0 unspecified atom stereocenters. The number of carboxylic acid groups (broad SMARTS) is 1. The number of nitrogens with one attached hydrogen (secondary N) is 1. The van der Waals surface area contributed by atoms with Gasteiger partial charge >= 0.3 is 5.97 Å². The average molecular weight is 307 g/mol. The topological polar surface area (TPSA) is 105 Å². The fourth-order valence-corrected chi connectivity index (χ4v) is 2.48. The van der Waals surface area contributed by atoms with E-state index in [-0.39, 0.29) is 11.3 Å². The zero-order valence-electron chi connectivity index (χ0n) is 11.4. The first-order valence-corrected chi connectivity index (χ1v) is 6.93. The van der Waals surface area contributed by atoms with Gasteiger partial charge in [-0.2, -0.15) is 0 Å². The van der Waals surface area contributed by atoms with Crippen LogP contribution in [0.4, 0.5) is 11.4 Å². The number of hydrogen-bond donors (Lipinski definition) is 2. The number of thiazole rings is 1. The third-order valence-electron chi connectivity index (χ3n) is 2.95. The van der Waals surface area contributed by atoms with Crippen LogP contribution in [0.2, 0.25) is 0 Å². The molecule has 0 aliphatic rings. The number of nitro benzene ring substituents is 1. The summed E-state index contributed by atoms with van der Waals surface area (Å²) in [4.78, 5) is 25.7. The van der Waals surface area contributed by atoms with Gasteiger partial charge in [0.2, 0.25) is 0 Å². The molecule has 0 saturated carbocycles. The quantitative estimate of drug-likeness (QED) is 0.650. The summed E-state index contributed by atoms with van der Waals surface area (Å²) < 4.78 is 0. The van der Waals surface area contributed by atoms with Crippen LogP contribution in [0.1, 0.15) is 26.6 Å². The molecule has 8 heteroatoms. The van der Waals surface area contributed by atoms with Crippen molar-refractivity contribution in [3.8, 4) is 0 Å². The second kappa shape index (κ2) is 5.88. The highest BCUT2D eigenvalue weighted by molar-refractivity contribution is 7.09. The van der Waals surface area contributed by atoms with Crippen LogP contribution in [0.3, 0.4) is 0 Å². The Kier molecular flexibility index (Phi) is 4.18. The van der Waals surface area contributed by atoms with Crippen LogP contribution >= 0.6 is 11.3 Å². The van der Waals surface area contributed by atoms with Crippen molar-refractivity contribution in [1.82, 2.24) is 4.98 Å². The largest absolute Gasteiger partial charge is 0.478 e. The molecule has 110 valence electrons. The van der Waals surface area contributed by atoms with Gasteiger partial charge in [-0.3, -0.25) is 10.1 Å². The second-order valence-corrected chi connectivity index (χ2v) is 5.50. The van der Waals surface area contributed by atoms with Gasteiger partial charge in [-0.25, -0.2) is 9.78 Å². The molecule has 1 heterocycles. The van der Waals surface area contributed by atoms with Crippen LogP contribution in [0, 0.1) is 24.0 Å². The van der Waals surface area contributed by atoms with E-state index in [0.29, 0.717) is 17.8 Å². The van der Waals surface area contributed by atoms with Gasteiger partial charge in [0.15, 0.2) is 0 Å². The fourth-order valence-electron chi connectivity index (χ4n) is 1.87. The summed E-state index contributed by atoms with van der Waals surface area (Å²) in [6.45, 7) is 3.85. The average Bonchev–Trinajstić information content (AvgIpc) is 2.82. The van der Waals surface area contributed by atoms with E-state index in [1.807, 2.05) is 12.3 Å². The van der Waals surface area contributed by atoms with Crippen LogP contribution in [0.25, 0.3) is 0 Å². The first kappa shape index (κ1) is 14.9. The van der Waals surface area contributed by atoms with Crippen molar-refractivity contribution in [1.29, 1.82) is 0 Å². The summed E-state index contributed by atoms with van der Waals surface area (Å²) in [7, 11) is 0. The smallest absolute Gasteiger partial charge is 0.336 e. The molecule has 0 amide bonds. The van der Waals surface area contributed by atoms with Crippen molar-refractivity contribution in [2.75, 3.05) is 5.32 Å². The van der Waals surface area contributed by atoms with E-state index in [0.717, 1.165) is 16.8 Å². The number of nitro groups is 1. The van der Waals surface area contributed by atoms with E-state index < -0.39 is 10.9 Å². The minimum atomic E-state index is -1.20. The molecule has 0 saturated heterocycles.